The number of carbonyl (C=O) groups is 2. The van der Waals surface area contributed by atoms with Crippen LogP contribution in [0.3, 0.4) is 0 Å². The molecule has 144 valence electrons. The zero-order valence-corrected chi connectivity index (χ0v) is 17.2. The number of nitrogens with zero attached hydrogens (tertiary/aromatic N) is 2. The summed E-state index contributed by atoms with van der Waals surface area (Å²) in [4.78, 5) is 43.3. The SMILES string of the molecule is CC(=O)Nc1cccc(C(=O)CSc2nc3sc4c(c3c(=O)n2C)CCC4)c1. The molecule has 1 N–H and O–H groups in total. The van der Waals surface area contributed by atoms with Gasteiger partial charge in [-0.25, -0.2) is 4.98 Å². The lowest BCUT2D eigenvalue weighted by molar-refractivity contribution is -0.114. The number of anilines is 1. The van der Waals surface area contributed by atoms with E-state index in [4.69, 9.17) is 0 Å². The number of aromatic nitrogens is 2. The molecule has 0 atom stereocenters. The molecular formula is C20H19N3O3S2. The predicted molar refractivity (Wildman–Crippen MR) is 113 cm³/mol. The highest BCUT2D eigenvalue weighted by atomic mass is 32.2. The van der Waals surface area contributed by atoms with Crippen LogP contribution in [0.4, 0.5) is 5.69 Å². The van der Waals surface area contributed by atoms with Crippen molar-refractivity contribution >= 4 is 50.7 Å². The zero-order valence-electron chi connectivity index (χ0n) is 15.6. The summed E-state index contributed by atoms with van der Waals surface area (Å²) < 4.78 is 1.54. The third kappa shape index (κ3) is 3.49. The minimum absolute atomic E-state index is 0.0352. The van der Waals surface area contributed by atoms with Gasteiger partial charge in [-0.05, 0) is 37.0 Å². The molecule has 6 nitrogen and oxygen atoms in total. The molecule has 28 heavy (non-hydrogen) atoms. The van der Waals surface area contributed by atoms with Crippen LogP contribution >= 0.6 is 23.1 Å². The maximum absolute atomic E-state index is 12.8. The van der Waals surface area contributed by atoms with Crippen LogP contribution in [0.15, 0.2) is 34.2 Å². The van der Waals surface area contributed by atoms with E-state index in [9.17, 15) is 14.4 Å². The highest BCUT2D eigenvalue weighted by Gasteiger charge is 2.22. The van der Waals surface area contributed by atoms with E-state index in [1.54, 1.807) is 47.2 Å². The fourth-order valence-corrected chi connectivity index (χ4v) is 5.59. The van der Waals surface area contributed by atoms with Gasteiger partial charge >= 0.3 is 0 Å². The molecule has 0 saturated carbocycles. The average Bonchev–Trinajstić information content (AvgIpc) is 3.23. The first-order valence-electron chi connectivity index (χ1n) is 8.99. The molecule has 3 aromatic rings. The highest BCUT2D eigenvalue weighted by molar-refractivity contribution is 7.99. The fraction of sp³-hybridized carbons (Fsp3) is 0.300. The number of carbonyl (C=O) groups excluding carboxylic acids is 2. The number of ketones is 1. The Hall–Kier alpha value is -2.45. The second-order valence-corrected chi connectivity index (χ2v) is 8.80. The number of hydrogen-bond acceptors (Lipinski definition) is 6. The molecule has 0 radical (unpaired) electrons. The number of thiophene rings is 1. The molecule has 1 aliphatic carbocycles. The number of aryl methyl sites for hydroxylation is 2. The van der Waals surface area contributed by atoms with Crippen molar-refractivity contribution < 1.29 is 9.59 Å². The summed E-state index contributed by atoms with van der Waals surface area (Å²) in [7, 11) is 1.71. The van der Waals surface area contributed by atoms with Crippen molar-refractivity contribution in [1.82, 2.24) is 9.55 Å². The molecular weight excluding hydrogens is 394 g/mol. The molecule has 1 aromatic carbocycles. The van der Waals surface area contributed by atoms with E-state index in [2.05, 4.69) is 10.3 Å². The molecule has 1 amide bonds. The van der Waals surface area contributed by atoms with Crippen molar-refractivity contribution in [3.8, 4) is 0 Å². The number of Topliss-reactive ketones (excluding diaryl/α,β-unsaturated/α-hetero) is 1. The average molecular weight is 414 g/mol. The van der Waals surface area contributed by atoms with Gasteiger partial charge in [0.25, 0.3) is 5.56 Å². The zero-order chi connectivity index (χ0) is 19.8. The minimum atomic E-state index is -0.186. The van der Waals surface area contributed by atoms with Gasteiger partial charge in [0, 0.05) is 30.1 Å². The third-order valence-corrected chi connectivity index (χ3v) is 6.96. The summed E-state index contributed by atoms with van der Waals surface area (Å²) in [5, 5.41) is 3.97. The van der Waals surface area contributed by atoms with E-state index < -0.39 is 0 Å². The number of amides is 1. The summed E-state index contributed by atoms with van der Waals surface area (Å²) in [5.74, 6) is -0.102. The number of rotatable bonds is 5. The molecule has 0 bridgehead atoms. The van der Waals surface area contributed by atoms with Crippen molar-refractivity contribution in [3.05, 3.63) is 50.6 Å². The van der Waals surface area contributed by atoms with Crippen LogP contribution in [0, 0.1) is 0 Å². The monoisotopic (exact) mass is 413 g/mol. The first-order chi connectivity index (χ1) is 13.4. The topological polar surface area (TPSA) is 81.1 Å². The Morgan fingerprint density at radius 2 is 2.14 bits per heavy atom. The summed E-state index contributed by atoms with van der Waals surface area (Å²) in [6.45, 7) is 1.42. The second-order valence-electron chi connectivity index (χ2n) is 6.77. The Bertz CT molecular complexity index is 1160. The van der Waals surface area contributed by atoms with Crippen molar-refractivity contribution in [2.24, 2.45) is 7.05 Å². The van der Waals surface area contributed by atoms with Crippen molar-refractivity contribution in [2.45, 2.75) is 31.3 Å². The summed E-state index contributed by atoms with van der Waals surface area (Å²) in [6, 6.07) is 6.84. The highest BCUT2D eigenvalue weighted by Crippen LogP contribution is 2.35. The van der Waals surface area contributed by atoms with E-state index in [1.807, 2.05) is 0 Å². The summed E-state index contributed by atoms with van der Waals surface area (Å²) in [5.41, 5.74) is 2.23. The lowest BCUT2D eigenvalue weighted by Gasteiger charge is -2.08. The van der Waals surface area contributed by atoms with E-state index in [-0.39, 0.29) is 23.0 Å². The number of fused-ring (bicyclic) bond motifs is 3. The Labute approximate surface area is 170 Å². The summed E-state index contributed by atoms with van der Waals surface area (Å²) in [6.07, 6.45) is 3.07. The Morgan fingerprint density at radius 3 is 2.93 bits per heavy atom. The lowest BCUT2D eigenvalue weighted by atomic mass is 10.1. The van der Waals surface area contributed by atoms with Crippen LogP contribution in [-0.2, 0) is 24.7 Å². The normalized spacial score (nSPS) is 12.9. The predicted octanol–water partition coefficient (Wildman–Crippen LogP) is 3.42. The van der Waals surface area contributed by atoms with E-state index in [0.717, 1.165) is 35.0 Å². The van der Waals surface area contributed by atoms with Gasteiger partial charge in [-0.2, -0.15) is 0 Å². The Morgan fingerprint density at radius 1 is 1.32 bits per heavy atom. The fourth-order valence-electron chi connectivity index (χ4n) is 3.42. The molecule has 0 saturated heterocycles. The molecule has 8 heteroatoms. The third-order valence-electron chi connectivity index (χ3n) is 4.74. The number of thioether (sulfide) groups is 1. The number of nitrogens with one attached hydrogen (secondary N) is 1. The van der Waals surface area contributed by atoms with Crippen molar-refractivity contribution in [1.29, 1.82) is 0 Å². The number of benzene rings is 1. The molecule has 0 fully saturated rings. The first-order valence-corrected chi connectivity index (χ1v) is 10.8. The van der Waals surface area contributed by atoms with Gasteiger partial charge in [-0.15, -0.1) is 11.3 Å². The van der Waals surface area contributed by atoms with E-state index in [0.29, 0.717) is 16.4 Å². The van der Waals surface area contributed by atoms with Gasteiger partial charge in [-0.3, -0.25) is 19.0 Å². The number of hydrogen-bond donors (Lipinski definition) is 1. The van der Waals surface area contributed by atoms with Gasteiger partial charge in [0.1, 0.15) is 4.83 Å². The maximum atomic E-state index is 12.8. The molecule has 2 heterocycles. The van der Waals surface area contributed by atoms with Crippen LogP contribution in [0.1, 0.15) is 34.1 Å². The van der Waals surface area contributed by atoms with Gasteiger partial charge < -0.3 is 5.32 Å². The second kappa shape index (κ2) is 7.52. The standard InChI is InChI=1S/C20H19N3O3S2/c1-11(24)21-13-6-3-5-12(9-13)15(25)10-27-20-22-18-17(19(26)23(20)2)14-7-4-8-16(14)28-18/h3,5-6,9H,4,7-8,10H2,1-2H3,(H,21,24). The van der Waals surface area contributed by atoms with Crippen LogP contribution in [0.2, 0.25) is 0 Å². The minimum Gasteiger partial charge on any atom is -0.326 e. The first kappa shape index (κ1) is 18.9. The van der Waals surface area contributed by atoms with Crippen LogP contribution in [0.5, 0.6) is 0 Å². The molecule has 0 unspecified atom stereocenters. The molecule has 0 spiro atoms. The molecule has 1 aliphatic rings. The maximum Gasteiger partial charge on any atom is 0.262 e. The quantitative estimate of drug-likeness (QED) is 0.394. The van der Waals surface area contributed by atoms with Crippen LogP contribution < -0.4 is 10.9 Å². The largest absolute Gasteiger partial charge is 0.326 e. The van der Waals surface area contributed by atoms with Crippen molar-refractivity contribution in [2.75, 3.05) is 11.1 Å². The lowest BCUT2D eigenvalue weighted by Crippen LogP contribution is -2.20. The van der Waals surface area contributed by atoms with Gasteiger partial charge in [0.05, 0.1) is 11.1 Å². The Kier molecular flexibility index (Phi) is 5.07. The van der Waals surface area contributed by atoms with E-state index >= 15 is 0 Å². The van der Waals surface area contributed by atoms with Gasteiger partial charge in [0.2, 0.25) is 5.91 Å². The molecule has 4 rings (SSSR count). The van der Waals surface area contributed by atoms with Crippen LogP contribution in [-0.4, -0.2) is 27.0 Å². The Balaban J connectivity index is 1.56. The molecule has 2 aromatic heterocycles. The van der Waals surface area contributed by atoms with Crippen molar-refractivity contribution in [3.63, 3.8) is 0 Å². The summed E-state index contributed by atoms with van der Waals surface area (Å²) >= 11 is 2.86. The smallest absolute Gasteiger partial charge is 0.262 e. The van der Waals surface area contributed by atoms with Gasteiger partial charge in [-0.1, -0.05) is 23.9 Å². The molecule has 0 aliphatic heterocycles. The van der Waals surface area contributed by atoms with E-state index in [1.165, 1.54) is 23.6 Å². The van der Waals surface area contributed by atoms with Crippen LogP contribution in [0.25, 0.3) is 10.2 Å². The van der Waals surface area contributed by atoms with Gasteiger partial charge in [0.15, 0.2) is 10.9 Å².